The van der Waals surface area contributed by atoms with Gasteiger partial charge in [0.1, 0.15) is 18.3 Å². The van der Waals surface area contributed by atoms with Gasteiger partial charge in [0.15, 0.2) is 6.23 Å². The Hall–Kier alpha value is -2.86. The number of halogens is 1. The highest BCUT2D eigenvalue weighted by atomic mass is 31.2. The van der Waals surface area contributed by atoms with E-state index >= 15 is 4.39 Å². The molecule has 1 aliphatic rings. The van der Waals surface area contributed by atoms with Crippen molar-refractivity contribution >= 4 is 20.1 Å². The first-order valence-electron chi connectivity index (χ1n) is 11.3. The summed E-state index contributed by atoms with van der Waals surface area (Å²) in [5, 5.41) is 21.1. The van der Waals surface area contributed by atoms with Crippen molar-refractivity contribution < 1.29 is 66.0 Å². The number of aliphatic hydroxyl groups is 2. The van der Waals surface area contributed by atoms with Gasteiger partial charge in [0, 0.05) is 12.3 Å². The lowest BCUT2D eigenvalue weighted by atomic mass is 9.95. The first-order chi connectivity index (χ1) is 18.0. The number of phosphoric acid groups is 1. The topological polar surface area (TPSA) is 220 Å². The minimum Gasteiger partial charge on any atom is -0.432 e. The SMILES string of the molecule is CC(C)OC(=O)OCOP(=O)(OCOC(=O)OC(C)C)OC[C@@]1(F)O[C@@H](n2ccc(=O)[nH]c2=O)[C@](C)(O)[C@@H]1O. The van der Waals surface area contributed by atoms with E-state index in [1.54, 1.807) is 0 Å². The Morgan fingerprint density at radius 2 is 1.62 bits per heavy atom. The number of hydrogen-bond acceptors (Lipinski definition) is 15. The van der Waals surface area contributed by atoms with Crippen LogP contribution in [0.15, 0.2) is 21.9 Å². The van der Waals surface area contributed by atoms with Crippen LogP contribution in [-0.2, 0) is 41.8 Å². The summed E-state index contributed by atoms with van der Waals surface area (Å²) in [5.41, 5.74) is -4.38. The van der Waals surface area contributed by atoms with E-state index in [1.807, 2.05) is 4.98 Å². The zero-order valence-corrected chi connectivity index (χ0v) is 22.5. The third-order valence-electron chi connectivity index (χ3n) is 4.73. The second-order valence-electron chi connectivity index (χ2n) is 8.74. The number of alkyl halides is 1. The average molecular weight is 588 g/mol. The lowest BCUT2D eigenvalue weighted by Crippen LogP contribution is -2.50. The lowest BCUT2D eigenvalue weighted by Gasteiger charge is -2.28. The lowest BCUT2D eigenvalue weighted by molar-refractivity contribution is -0.206. The van der Waals surface area contributed by atoms with E-state index in [4.69, 9.17) is 27.8 Å². The number of carbonyl (C=O) groups is 2. The number of H-pyrrole nitrogens is 1. The van der Waals surface area contributed by atoms with E-state index in [0.717, 1.165) is 19.2 Å². The predicted octanol–water partition coefficient (Wildman–Crippen LogP) is 1.04. The molecule has 2 rings (SSSR count). The molecule has 1 aromatic rings. The van der Waals surface area contributed by atoms with Crippen LogP contribution in [-0.4, -0.2) is 82.0 Å². The highest BCUT2D eigenvalue weighted by molar-refractivity contribution is 7.48. The Kier molecular flexibility index (Phi) is 10.8. The monoisotopic (exact) mass is 588 g/mol. The van der Waals surface area contributed by atoms with Crippen molar-refractivity contribution in [1.29, 1.82) is 0 Å². The Morgan fingerprint density at radius 1 is 1.10 bits per heavy atom. The average Bonchev–Trinajstić information content (AvgIpc) is 2.97. The van der Waals surface area contributed by atoms with E-state index in [0.29, 0.717) is 4.57 Å². The predicted molar refractivity (Wildman–Crippen MR) is 123 cm³/mol. The van der Waals surface area contributed by atoms with Crippen molar-refractivity contribution in [3.05, 3.63) is 33.1 Å². The van der Waals surface area contributed by atoms with Crippen LogP contribution >= 0.6 is 7.82 Å². The summed E-state index contributed by atoms with van der Waals surface area (Å²) in [5.74, 6) is -3.35. The van der Waals surface area contributed by atoms with Crippen LogP contribution in [0.25, 0.3) is 0 Å². The fourth-order valence-electron chi connectivity index (χ4n) is 3.01. The van der Waals surface area contributed by atoms with Crippen LogP contribution in [0.3, 0.4) is 0 Å². The summed E-state index contributed by atoms with van der Waals surface area (Å²) in [7, 11) is -4.97. The second kappa shape index (κ2) is 13.0. The van der Waals surface area contributed by atoms with Gasteiger partial charge < -0.3 is 33.9 Å². The van der Waals surface area contributed by atoms with Gasteiger partial charge in [-0.25, -0.2) is 32.4 Å². The Labute approximate surface area is 220 Å². The first-order valence-corrected chi connectivity index (χ1v) is 12.7. The van der Waals surface area contributed by atoms with Crippen molar-refractivity contribution in [2.24, 2.45) is 0 Å². The van der Waals surface area contributed by atoms with Crippen molar-refractivity contribution in [1.82, 2.24) is 9.55 Å². The molecule has 3 N–H and O–H groups in total. The van der Waals surface area contributed by atoms with E-state index < -0.39 is 87.6 Å². The molecule has 0 unspecified atom stereocenters. The molecule has 0 bridgehead atoms. The molecule has 1 fully saturated rings. The molecule has 0 aliphatic carbocycles. The van der Waals surface area contributed by atoms with Crippen molar-refractivity contribution in [2.75, 3.05) is 20.2 Å². The molecule has 0 aromatic carbocycles. The van der Waals surface area contributed by atoms with E-state index in [9.17, 15) is 34.0 Å². The number of aromatic amines is 1. The molecule has 0 amide bonds. The third kappa shape index (κ3) is 8.82. The fourth-order valence-corrected chi connectivity index (χ4v) is 3.94. The molecule has 17 nitrogen and oxygen atoms in total. The van der Waals surface area contributed by atoms with Crippen LogP contribution in [0.2, 0.25) is 0 Å². The van der Waals surface area contributed by atoms with Crippen LogP contribution in [0.5, 0.6) is 0 Å². The summed E-state index contributed by atoms with van der Waals surface area (Å²) >= 11 is 0. The summed E-state index contributed by atoms with van der Waals surface area (Å²) in [6.07, 6.45) is -7.02. The molecule has 0 radical (unpaired) electrons. The molecule has 1 aliphatic heterocycles. The zero-order chi connectivity index (χ0) is 29.6. The van der Waals surface area contributed by atoms with Gasteiger partial charge in [-0.05, 0) is 34.6 Å². The molecule has 0 saturated carbocycles. The van der Waals surface area contributed by atoms with Gasteiger partial charge in [-0.2, -0.15) is 0 Å². The maximum atomic E-state index is 15.7. The number of aromatic nitrogens is 2. The minimum absolute atomic E-state index is 0.569. The third-order valence-corrected chi connectivity index (χ3v) is 6.02. The minimum atomic E-state index is -4.97. The number of ether oxygens (including phenoxy) is 5. The summed E-state index contributed by atoms with van der Waals surface area (Å²) in [4.78, 5) is 48.4. The largest absolute Gasteiger partial charge is 0.510 e. The van der Waals surface area contributed by atoms with Gasteiger partial charge in [-0.1, -0.05) is 0 Å². The smallest absolute Gasteiger partial charge is 0.432 e. The van der Waals surface area contributed by atoms with Crippen LogP contribution in [0.1, 0.15) is 40.8 Å². The highest BCUT2D eigenvalue weighted by Gasteiger charge is 2.63. The molecule has 1 saturated heterocycles. The van der Waals surface area contributed by atoms with E-state index in [-0.39, 0.29) is 0 Å². The number of carbonyl (C=O) groups excluding carboxylic acids is 2. The van der Waals surface area contributed by atoms with Crippen LogP contribution < -0.4 is 11.2 Å². The summed E-state index contributed by atoms with van der Waals surface area (Å²) in [6.45, 7) is 3.34. The molecule has 2 heterocycles. The van der Waals surface area contributed by atoms with Crippen LogP contribution in [0, 0.1) is 0 Å². The van der Waals surface area contributed by atoms with Crippen molar-refractivity contribution in [2.45, 2.75) is 70.6 Å². The van der Waals surface area contributed by atoms with Gasteiger partial charge >= 0.3 is 25.8 Å². The number of aliphatic hydroxyl groups excluding tert-OH is 1. The Morgan fingerprint density at radius 3 is 2.08 bits per heavy atom. The molecule has 39 heavy (non-hydrogen) atoms. The van der Waals surface area contributed by atoms with Crippen molar-refractivity contribution in [3.8, 4) is 0 Å². The maximum Gasteiger partial charge on any atom is 0.510 e. The Balaban J connectivity index is 2.17. The number of hydrogen-bond donors (Lipinski definition) is 3. The number of nitrogens with zero attached hydrogens (tertiary/aromatic N) is 1. The molecular weight excluding hydrogens is 558 g/mol. The summed E-state index contributed by atoms with van der Waals surface area (Å²) in [6, 6.07) is 0.881. The molecule has 1 aromatic heterocycles. The van der Waals surface area contributed by atoms with Crippen LogP contribution in [0.4, 0.5) is 14.0 Å². The molecule has 19 heteroatoms. The zero-order valence-electron chi connectivity index (χ0n) is 21.6. The van der Waals surface area contributed by atoms with Gasteiger partial charge in [0.25, 0.3) is 11.4 Å². The number of nitrogens with one attached hydrogen (secondary N) is 1. The second-order valence-corrected chi connectivity index (χ2v) is 10.4. The van der Waals surface area contributed by atoms with Gasteiger partial charge in [-0.3, -0.25) is 18.9 Å². The number of phosphoric ester groups is 1. The number of rotatable bonds is 12. The maximum absolute atomic E-state index is 15.7. The standard InChI is InChI=1S/C20H30FN2O15P/c1-11(2)36-17(27)31-9-34-39(30,35-10-32-18(28)37-12(3)4)33-8-20(21)14(25)19(5,29)15(38-20)23-7-6-13(24)22-16(23)26/h6-7,11-12,14-15,25,29H,8-10H2,1-5H3,(H,22,24,26)/t14-,15+,19+,20+/m0/s1. The molecule has 0 spiro atoms. The van der Waals surface area contributed by atoms with E-state index in [1.165, 1.54) is 27.7 Å². The van der Waals surface area contributed by atoms with Crippen molar-refractivity contribution in [3.63, 3.8) is 0 Å². The quantitative estimate of drug-likeness (QED) is 0.176. The van der Waals surface area contributed by atoms with Gasteiger partial charge in [0.2, 0.25) is 13.6 Å². The fraction of sp³-hybridized carbons (Fsp3) is 0.700. The Bertz CT molecular complexity index is 1140. The van der Waals surface area contributed by atoms with Gasteiger partial charge in [-0.15, -0.1) is 0 Å². The highest BCUT2D eigenvalue weighted by Crippen LogP contribution is 2.52. The summed E-state index contributed by atoms with van der Waals surface area (Å²) < 4.78 is 67.3. The van der Waals surface area contributed by atoms with E-state index in [2.05, 4.69) is 9.47 Å². The molecule has 222 valence electrons. The molecule has 4 atom stereocenters. The van der Waals surface area contributed by atoms with Gasteiger partial charge in [0.05, 0.1) is 12.2 Å². The molecular formula is C20H30FN2O15P. The first kappa shape index (κ1) is 32.4. The normalized spacial score (nSPS) is 25.1.